The van der Waals surface area contributed by atoms with Crippen molar-refractivity contribution in [2.75, 3.05) is 12.5 Å². The molecule has 0 saturated carbocycles. The minimum absolute atomic E-state index is 0.130. The van der Waals surface area contributed by atoms with Crippen LogP contribution in [0.15, 0.2) is 94.7 Å². The Kier molecular flexibility index (Phi) is 10.2. The molecule has 4 aromatic carbocycles. The SMILES string of the molecule is CSc1ccc(C2=C(c3cccc(F)c3)C(=O)C(C)(C)O2)cc1C.Cc1cc(C2=C(c3cccc(F)c3)C(=O)C(C)(C)O2)ccc1S(C)=O. The third-order valence-electron chi connectivity index (χ3n) is 8.35. The van der Waals surface area contributed by atoms with Crippen molar-refractivity contribution in [1.82, 2.24) is 0 Å². The van der Waals surface area contributed by atoms with Crippen LogP contribution in [-0.4, -0.2) is 39.5 Å². The number of Topliss-reactive ketones (excluding diaryl/α,β-unsaturated/α-hetero) is 2. The molecule has 0 saturated heterocycles. The summed E-state index contributed by atoms with van der Waals surface area (Å²) < 4.78 is 51.0. The molecule has 49 heavy (non-hydrogen) atoms. The number of ether oxygens (including phenoxy) is 2. The summed E-state index contributed by atoms with van der Waals surface area (Å²) >= 11 is 1.67. The summed E-state index contributed by atoms with van der Waals surface area (Å²) in [5.41, 5.74) is 3.40. The first-order chi connectivity index (χ1) is 23.0. The summed E-state index contributed by atoms with van der Waals surface area (Å²) in [6, 6.07) is 23.4. The van der Waals surface area contributed by atoms with E-state index in [0.29, 0.717) is 39.4 Å². The number of hydrogen-bond donors (Lipinski definition) is 0. The molecule has 2 aliphatic heterocycles. The quantitative estimate of drug-likeness (QED) is 0.187. The van der Waals surface area contributed by atoms with Crippen LogP contribution in [0.25, 0.3) is 22.7 Å². The number of hydrogen-bond acceptors (Lipinski definition) is 6. The van der Waals surface area contributed by atoms with Crippen LogP contribution >= 0.6 is 11.8 Å². The Balaban J connectivity index is 0.000000191. The molecule has 254 valence electrons. The van der Waals surface area contributed by atoms with E-state index in [0.717, 1.165) is 21.6 Å². The molecular formula is C40H38F2O5S2. The zero-order chi connectivity index (χ0) is 35.8. The van der Waals surface area contributed by atoms with E-state index in [1.54, 1.807) is 82.1 Å². The van der Waals surface area contributed by atoms with Gasteiger partial charge in [-0.1, -0.05) is 36.4 Å². The topological polar surface area (TPSA) is 69.7 Å². The Morgan fingerprint density at radius 2 is 1.08 bits per heavy atom. The molecule has 5 nitrogen and oxygen atoms in total. The fourth-order valence-electron chi connectivity index (χ4n) is 5.87. The smallest absolute Gasteiger partial charge is 0.210 e. The summed E-state index contributed by atoms with van der Waals surface area (Å²) in [5.74, 6) is -0.146. The van der Waals surface area contributed by atoms with Gasteiger partial charge >= 0.3 is 0 Å². The Morgan fingerprint density at radius 3 is 1.47 bits per heavy atom. The predicted octanol–water partition coefficient (Wildman–Crippen LogP) is 9.22. The number of aryl methyl sites for hydroxylation is 2. The minimum Gasteiger partial charge on any atom is -0.478 e. The highest BCUT2D eigenvalue weighted by Gasteiger charge is 2.44. The van der Waals surface area contributed by atoms with Gasteiger partial charge in [-0.15, -0.1) is 11.8 Å². The van der Waals surface area contributed by atoms with Gasteiger partial charge in [0.1, 0.15) is 23.2 Å². The standard InChI is InChI=1S/C20H19FO3S.C20H19FO2S/c1-12-10-14(8-9-16(12)25(4)23)18-17(19(22)20(2,3)24-18)13-6-5-7-15(21)11-13;1-12-10-14(8-9-16(12)24-4)18-17(19(22)20(2,3)23-18)13-6-5-7-15(21)11-13/h5-11H,1-4H3;5-11H,1-4H3. The average molecular weight is 701 g/mol. The molecule has 0 amide bonds. The fraction of sp³-hybridized carbons (Fsp3) is 0.250. The molecule has 1 atom stereocenters. The summed E-state index contributed by atoms with van der Waals surface area (Å²) in [5, 5.41) is 0. The van der Waals surface area contributed by atoms with Gasteiger partial charge in [-0.2, -0.15) is 0 Å². The number of carbonyl (C=O) groups is 2. The van der Waals surface area contributed by atoms with Crippen LogP contribution in [-0.2, 0) is 29.9 Å². The first-order valence-electron chi connectivity index (χ1n) is 15.6. The van der Waals surface area contributed by atoms with Crippen molar-refractivity contribution in [3.05, 3.63) is 130 Å². The lowest BCUT2D eigenvalue weighted by atomic mass is 9.92. The Morgan fingerprint density at radius 1 is 0.633 bits per heavy atom. The van der Waals surface area contributed by atoms with E-state index in [4.69, 9.17) is 9.47 Å². The number of rotatable bonds is 6. The zero-order valence-corrected chi connectivity index (χ0v) is 30.3. The van der Waals surface area contributed by atoms with E-state index < -0.39 is 27.8 Å². The van der Waals surface area contributed by atoms with Crippen LogP contribution in [0.4, 0.5) is 8.78 Å². The molecular weight excluding hydrogens is 663 g/mol. The highest BCUT2D eigenvalue weighted by molar-refractivity contribution is 7.98. The lowest BCUT2D eigenvalue weighted by Crippen LogP contribution is -2.29. The van der Waals surface area contributed by atoms with Gasteiger partial charge in [-0.05, 0) is 119 Å². The van der Waals surface area contributed by atoms with E-state index >= 15 is 0 Å². The Labute approximate surface area is 292 Å². The molecule has 2 heterocycles. The van der Waals surface area contributed by atoms with Crippen molar-refractivity contribution in [1.29, 1.82) is 0 Å². The maximum absolute atomic E-state index is 13.7. The van der Waals surface area contributed by atoms with Gasteiger partial charge in [0.05, 0.1) is 21.9 Å². The second-order valence-electron chi connectivity index (χ2n) is 12.9. The molecule has 1 unspecified atom stereocenters. The molecule has 9 heteroatoms. The Bertz CT molecular complexity index is 2080. The summed E-state index contributed by atoms with van der Waals surface area (Å²) in [4.78, 5) is 27.6. The van der Waals surface area contributed by atoms with Crippen molar-refractivity contribution >= 4 is 56.8 Å². The summed E-state index contributed by atoms with van der Waals surface area (Å²) in [6.07, 6.45) is 3.65. The number of halogens is 2. The molecule has 0 radical (unpaired) electrons. The van der Waals surface area contributed by atoms with E-state index in [1.807, 2.05) is 44.4 Å². The lowest BCUT2D eigenvalue weighted by Gasteiger charge is -2.18. The summed E-state index contributed by atoms with van der Waals surface area (Å²) in [7, 11) is -1.09. The normalized spacial score (nSPS) is 17.0. The number of carbonyl (C=O) groups excluding carboxylic acids is 2. The van der Waals surface area contributed by atoms with Gasteiger partial charge < -0.3 is 9.47 Å². The van der Waals surface area contributed by atoms with Gasteiger partial charge in [0.15, 0.2) is 11.2 Å². The second kappa shape index (κ2) is 13.9. The predicted molar refractivity (Wildman–Crippen MR) is 193 cm³/mol. The average Bonchev–Trinajstić information content (AvgIpc) is 3.43. The van der Waals surface area contributed by atoms with Gasteiger partial charge in [0.2, 0.25) is 11.6 Å². The van der Waals surface area contributed by atoms with Gasteiger partial charge in [-0.3, -0.25) is 13.8 Å². The zero-order valence-electron chi connectivity index (χ0n) is 28.7. The van der Waals surface area contributed by atoms with E-state index in [-0.39, 0.29) is 17.4 Å². The van der Waals surface area contributed by atoms with Gasteiger partial charge in [-0.25, -0.2) is 8.78 Å². The van der Waals surface area contributed by atoms with Crippen molar-refractivity contribution in [2.24, 2.45) is 0 Å². The van der Waals surface area contributed by atoms with Crippen LogP contribution in [0.3, 0.4) is 0 Å². The van der Waals surface area contributed by atoms with Crippen LogP contribution < -0.4 is 0 Å². The molecule has 0 fully saturated rings. The lowest BCUT2D eigenvalue weighted by molar-refractivity contribution is -0.125. The molecule has 0 aromatic heterocycles. The Hall–Kier alpha value is -4.34. The molecule has 2 aliphatic rings. The molecule has 6 rings (SSSR count). The summed E-state index contributed by atoms with van der Waals surface area (Å²) in [6.45, 7) is 10.8. The molecule has 0 aliphatic carbocycles. The third kappa shape index (κ3) is 7.33. The largest absolute Gasteiger partial charge is 0.478 e. The minimum atomic E-state index is -1.09. The number of ketones is 2. The maximum atomic E-state index is 13.7. The van der Waals surface area contributed by atoms with Gasteiger partial charge in [0, 0.05) is 27.2 Å². The highest BCUT2D eigenvalue weighted by Crippen LogP contribution is 2.43. The van der Waals surface area contributed by atoms with Gasteiger partial charge in [0.25, 0.3) is 0 Å². The van der Waals surface area contributed by atoms with Crippen LogP contribution in [0.2, 0.25) is 0 Å². The van der Waals surface area contributed by atoms with Crippen molar-refractivity contribution in [3.63, 3.8) is 0 Å². The number of benzene rings is 4. The second-order valence-corrected chi connectivity index (χ2v) is 15.1. The van der Waals surface area contributed by atoms with E-state index in [9.17, 15) is 22.6 Å². The first-order valence-corrected chi connectivity index (χ1v) is 18.4. The molecule has 4 aromatic rings. The molecule has 0 spiro atoms. The molecule has 0 bridgehead atoms. The van der Waals surface area contributed by atoms with Crippen molar-refractivity contribution in [3.8, 4) is 0 Å². The molecule has 0 N–H and O–H groups in total. The van der Waals surface area contributed by atoms with Crippen molar-refractivity contribution < 1.29 is 32.1 Å². The van der Waals surface area contributed by atoms with Crippen LogP contribution in [0.1, 0.15) is 61.1 Å². The monoisotopic (exact) mass is 700 g/mol. The third-order valence-corrected chi connectivity index (χ3v) is 10.3. The fourth-order valence-corrected chi connectivity index (χ4v) is 7.22. The van der Waals surface area contributed by atoms with Crippen molar-refractivity contribution in [2.45, 2.75) is 62.5 Å². The highest BCUT2D eigenvalue weighted by atomic mass is 32.2. The van der Waals surface area contributed by atoms with E-state index in [1.165, 1.54) is 29.2 Å². The number of thioether (sulfide) groups is 1. The first kappa shape index (κ1) is 36.0. The maximum Gasteiger partial charge on any atom is 0.210 e. The van der Waals surface area contributed by atoms with Crippen LogP contribution in [0.5, 0.6) is 0 Å². The van der Waals surface area contributed by atoms with Crippen LogP contribution in [0, 0.1) is 25.5 Å². The van der Waals surface area contributed by atoms with E-state index in [2.05, 4.69) is 0 Å².